The van der Waals surface area contributed by atoms with Crippen molar-refractivity contribution >= 4 is 17.5 Å². The maximum atomic E-state index is 12.3. The zero-order valence-corrected chi connectivity index (χ0v) is 12.7. The van der Waals surface area contributed by atoms with Crippen LogP contribution in [0.15, 0.2) is 47.8 Å². The van der Waals surface area contributed by atoms with E-state index in [9.17, 15) is 9.59 Å². The summed E-state index contributed by atoms with van der Waals surface area (Å²) in [6, 6.07) is 9.37. The Hall–Kier alpha value is -2.96. The van der Waals surface area contributed by atoms with Gasteiger partial charge in [-0.15, -0.1) is 0 Å². The van der Waals surface area contributed by atoms with E-state index in [1.165, 1.54) is 0 Å². The van der Waals surface area contributed by atoms with Crippen LogP contribution in [0.2, 0.25) is 0 Å². The van der Waals surface area contributed by atoms with Gasteiger partial charge in [0.05, 0.1) is 11.7 Å². The van der Waals surface area contributed by atoms with Crippen LogP contribution in [-0.4, -0.2) is 27.3 Å². The summed E-state index contributed by atoms with van der Waals surface area (Å²) < 4.78 is 1.76. The summed E-state index contributed by atoms with van der Waals surface area (Å²) in [4.78, 5) is 23.4. The molecule has 0 fully saturated rings. The lowest BCUT2D eigenvalue weighted by molar-refractivity contribution is -0.121. The van der Waals surface area contributed by atoms with Crippen LogP contribution in [0, 0.1) is 0 Å². The van der Waals surface area contributed by atoms with Crippen LogP contribution in [0.4, 0.5) is 0 Å². The predicted octanol–water partition coefficient (Wildman–Crippen LogP) is 1.32. The average Bonchev–Trinajstić information content (AvgIpc) is 3.09. The molecule has 0 saturated heterocycles. The zero-order chi connectivity index (χ0) is 16.2. The van der Waals surface area contributed by atoms with Crippen molar-refractivity contribution in [1.82, 2.24) is 20.5 Å². The molecule has 0 bridgehead atoms. The number of nitrogens with zero attached hydrogens (tertiary/aromatic N) is 3. The molecule has 1 aromatic heterocycles. The summed E-state index contributed by atoms with van der Waals surface area (Å²) >= 11 is 0. The molecule has 0 spiro atoms. The largest absolute Gasteiger partial charge is 0.344 e. The Kier molecular flexibility index (Phi) is 4.18. The summed E-state index contributed by atoms with van der Waals surface area (Å²) in [6.07, 6.45) is 4.20. The van der Waals surface area contributed by atoms with Crippen LogP contribution in [0.3, 0.4) is 0 Å². The van der Waals surface area contributed by atoms with E-state index in [1.54, 1.807) is 10.9 Å². The lowest BCUT2D eigenvalue weighted by Gasteiger charge is -2.19. The van der Waals surface area contributed by atoms with Gasteiger partial charge < -0.3 is 5.32 Å². The number of hydrazone groups is 1. The van der Waals surface area contributed by atoms with Crippen molar-refractivity contribution in [2.75, 3.05) is 0 Å². The van der Waals surface area contributed by atoms with Gasteiger partial charge in [-0.3, -0.25) is 9.59 Å². The lowest BCUT2D eigenvalue weighted by atomic mass is 10.1. The Labute approximate surface area is 133 Å². The molecule has 0 unspecified atom stereocenters. The van der Waals surface area contributed by atoms with Gasteiger partial charge in [0, 0.05) is 25.2 Å². The highest BCUT2D eigenvalue weighted by atomic mass is 16.2. The van der Waals surface area contributed by atoms with Crippen LogP contribution < -0.4 is 10.7 Å². The quantitative estimate of drug-likeness (QED) is 0.892. The molecule has 2 aromatic rings. The smallest absolute Gasteiger partial charge is 0.267 e. The van der Waals surface area contributed by atoms with Crippen LogP contribution >= 0.6 is 0 Å². The fourth-order valence-corrected chi connectivity index (χ4v) is 2.47. The second-order valence-corrected chi connectivity index (χ2v) is 5.30. The number of benzene rings is 1. The van der Waals surface area contributed by atoms with Gasteiger partial charge in [0.2, 0.25) is 5.91 Å². The Bertz CT molecular complexity index is 752. The third-order valence-electron chi connectivity index (χ3n) is 3.67. The second kappa shape index (κ2) is 6.43. The highest BCUT2D eigenvalue weighted by molar-refractivity contribution is 6.39. The molecule has 23 heavy (non-hydrogen) atoms. The predicted molar refractivity (Wildman–Crippen MR) is 84.9 cm³/mol. The van der Waals surface area contributed by atoms with E-state index in [4.69, 9.17) is 0 Å². The first kappa shape index (κ1) is 15.0. The van der Waals surface area contributed by atoms with Crippen molar-refractivity contribution in [1.29, 1.82) is 0 Å². The Balaban J connectivity index is 1.78. The number of hydrogen-bond donors (Lipinski definition) is 2. The Morgan fingerprint density at radius 2 is 2.13 bits per heavy atom. The minimum Gasteiger partial charge on any atom is -0.344 e. The molecule has 7 heteroatoms. The number of hydrogen-bond acceptors (Lipinski definition) is 4. The van der Waals surface area contributed by atoms with E-state index in [2.05, 4.69) is 20.9 Å². The van der Waals surface area contributed by atoms with Crippen LogP contribution in [0.1, 0.15) is 31.4 Å². The minimum atomic E-state index is -0.271. The molecule has 2 amide bonds. The Morgan fingerprint density at radius 1 is 1.30 bits per heavy atom. The van der Waals surface area contributed by atoms with E-state index in [1.807, 2.05) is 43.5 Å². The fraction of sp³-hybridized carbons (Fsp3) is 0.250. The van der Waals surface area contributed by atoms with E-state index in [0.29, 0.717) is 12.1 Å². The first-order valence-corrected chi connectivity index (χ1v) is 7.40. The minimum absolute atomic E-state index is 0.168. The van der Waals surface area contributed by atoms with Gasteiger partial charge in [-0.05, 0) is 24.6 Å². The molecule has 0 aliphatic carbocycles. The molecule has 118 valence electrons. The van der Waals surface area contributed by atoms with E-state index < -0.39 is 0 Å². The third-order valence-corrected chi connectivity index (χ3v) is 3.67. The van der Waals surface area contributed by atoms with E-state index >= 15 is 0 Å². The maximum Gasteiger partial charge on any atom is 0.267 e. The molecular weight excluding hydrogens is 294 g/mol. The van der Waals surface area contributed by atoms with Crippen molar-refractivity contribution in [3.8, 4) is 5.69 Å². The van der Waals surface area contributed by atoms with Gasteiger partial charge in [0.15, 0.2) is 0 Å². The monoisotopic (exact) mass is 311 g/mol. The molecule has 7 nitrogen and oxygen atoms in total. The standard InChI is InChI=1S/C16H17N5O2/c1-11(18-16(23)13-7-8-15(22)20-19-13)12-5-2-3-6-14(12)21-10-4-9-17-21/h2-6,9-11H,7-8H2,1H3,(H,18,23)(H,20,22)/t11-/m0/s1. The lowest BCUT2D eigenvalue weighted by Crippen LogP contribution is -2.38. The number of para-hydroxylation sites is 1. The van der Waals surface area contributed by atoms with Gasteiger partial charge in [-0.25, -0.2) is 10.1 Å². The second-order valence-electron chi connectivity index (χ2n) is 5.30. The first-order chi connectivity index (χ1) is 11.1. The highest BCUT2D eigenvalue weighted by Gasteiger charge is 2.21. The van der Waals surface area contributed by atoms with Gasteiger partial charge in [-0.2, -0.15) is 10.2 Å². The number of nitrogens with one attached hydrogen (secondary N) is 2. The van der Waals surface area contributed by atoms with Gasteiger partial charge >= 0.3 is 0 Å². The maximum absolute atomic E-state index is 12.3. The van der Waals surface area contributed by atoms with Crippen LogP contribution in [-0.2, 0) is 9.59 Å². The zero-order valence-electron chi connectivity index (χ0n) is 12.7. The molecule has 1 aromatic carbocycles. The van der Waals surface area contributed by atoms with Crippen molar-refractivity contribution in [3.63, 3.8) is 0 Å². The number of aromatic nitrogens is 2. The van der Waals surface area contributed by atoms with Crippen LogP contribution in [0.25, 0.3) is 5.69 Å². The molecule has 1 atom stereocenters. The molecule has 0 radical (unpaired) electrons. The summed E-state index contributed by atoms with van der Waals surface area (Å²) in [5.74, 6) is -0.439. The van der Waals surface area contributed by atoms with Crippen molar-refractivity contribution in [3.05, 3.63) is 48.3 Å². The molecule has 1 aliphatic rings. The van der Waals surface area contributed by atoms with E-state index in [-0.39, 0.29) is 24.3 Å². The van der Waals surface area contributed by atoms with Gasteiger partial charge in [-0.1, -0.05) is 18.2 Å². The molecule has 1 aliphatic heterocycles. The number of carbonyl (C=O) groups is 2. The molecule has 3 rings (SSSR count). The van der Waals surface area contributed by atoms with Crippen molar-refractivity contribution in [2.45, 2.75) is 25.8 Å². The molecule has 2 heterocycles. The number of rotatable bonds is 4. The van der Waals surface area contributed by atoms with Gasteiger partial charge in [0.25, 0.3) is 5.91 Å². The molecule has 2 N–H and O–H groups in total. The summed E-state index contributed by atoms with van der Waals surface area (Å²) in [7, 11) is 0. The third kappa shape index (κ3) is 3.28. The topological polar surface area (TPSA) is 88.4 Å². The SMILES string of the molecule is C[C@H](NC(=O)C1=NNC(=O)CC1)c1ccccc1-n1cccn1. The average molecular weight is 311 g/mol. The van der Waals surface area contributed by atoms with Crippen LogP contribution in [0.5, 0.6) is 0 Å². The van der Waals surface area contributed by atoms with E-state index in [0.717, 1.165) is 11.3 Å². The molecule has 0 saturated carbocycles. The van der Waals surface area contributed by atoms with Gasteiger partial charge in [0.1, 0.15) is 5.71 Å². The van der Waals surface area contributed by atoms with Crippen molar-refractivity contribution in [2.24, 2.45) is 5.10 Å². The number of amides is 2. The van der Waals surface area contributed by atoms with Crippen molar-refractivity contribution < 1.29 is 9.59 Å². The number of carbonyl (C=O) groups excluding carboxylic acids is 2. The summed E-state index contributed by atoms with van der Waals surface area (Å²) in [6.45, 7) is 1.90. The summed E-state index contributed by atoms with van der Waals surface area (Å²) in [5, 5.41) is 11.0. The highest BCUT2D eigenvalue weighted by Crippen LogP contribution is 2.21. The molecular formula is C16H17N5O2. The first-order valence-electron chi connectivity index (χ1n) is 7.40. The Morgan fingerprint density at radius 3 is 2.83 bits per heavy atom. The summed E-state index contributed by atoms with van der Waals surface area (Å²) in [5.41, 5.74) is 4.53. The fourth-order valence-electron chi connectivity index (χ4n) is 2.47. The normalized spacial score (nSPS) is 15.5.